The Morgan fingerprint density at radius 3 is 2.33 bits per heavy atom. The van der Waals surface area contributed by atoms with Crippen LogP contribution in [0.25, 0.3) is 0 Å². The average Bonchev–Trinajstić information content (AvgIpc) is 2.02. The molecule has 1 N–H and O–H groups in total. The molecule has 0 fully saturated rings. The van der Waals surface area contributed by atoms with Gasteiger partial charge in [-0.15, -0.1) is 0 Å². The Morgan fingerprint density at radius 2 is 1.83 bits per heavy atom. The number of phenolic OH excluding ortho intramolecular Hbond substituents is 1. The van der Waals surface area contributed by atoms with E-state index in [9.17, 15) is 5.11 Å². The normalized spacial score (nSPS) is 9.50. The Hall–Kier alpha value is -1.49. The van der Waals surface area contributed by atoms with Crippen molar-refractivity contribution in [2.45, 2.75) is 20.8 Å². The van der Waals surface area contributed by atoms with Crippen molar-refractivity contribution in [3.8, 4) is 11.8 Å². The first-order valence-electron chi connectivity index (χ1n) is 3.77. The Morgan fingerprint density at radius 1 is 1.25 bits per heavy atom. The molecule has 0 amide bonds. The van der Waals surface area contributed by atoms with Crippen LogP contribution in [0.4, 0.5) is 0 Å². The molecular formula is C10H11NO. The van der Waals surface area contributed by atoms with E-state index in [1.165, 1.54) is 0 Å². The number of hydrogen-bond acceptors (Lipinski definition) is 2. The monoisotopic (exact) mass is 161 g/mol. The maximum Gasteiger partial charge on any atom is 0.136 e. The summed E-state index contributed by atoms with van der Waals surface area (Å²) in [7, 11) is 0. The second-order valence-corrected chi connectivity index (χ2v) is 2.97. The fraction of sp³-hybridized carbons (Fsp3) is 0.300. The zero-order valence-corrected chi connectivity index (χ0v) is 7.47. The van der Waals surface area contributed by atoms with E-state index >= 15 is 0 Å². The highest BCUT2D eigenvalue weighted by molar-refractivity contribution is 5.54. The lowest BCUT2D eigenvalue weighted by molar-refractivity contribution is 0.468. The van der Waals surface area contributed by atoms with Gasteiger partial charge in [0.1, 0.15) is 11.8 Å². The summed E-state index contributed by atoms with van der Waals surface area (Å²) >= 11 is 0. The lowest BCUT2D eigenvalue weighted by atomic mass is 10.00. The summed E-state index contributed by atoms with van der Waals surface area (Å²) in [6.45, 7) is 5.57. The molecule has 0 aromatic heterocycles. The highest BCUT2D eigenvalue weighted by atomic mass is 16.3. The molecule has 0 radical (unpaired) electrons. The fourth-order valence-corrected chi connectivity index (χ4v) is 1.21. The summed E-state index contributed by atoms with van der Waals surface area (Å²) < 4.78 is 0. The molecule has 12 heavy (non-hydrogen) atoms. The van der Waals surface area contributed by atoms with E-state index in [2.05, 4.69) is 0 Å². The molecule has 0 aliphatic carbocycles. The number of aryl methyl sites for hydroxylation is 2. The molecule has 2 nitrogen and oxygen atoms in total. The third-order valence-electron chi connectivity index (χ3n) is 2.12. The average molecular weight is 161 g/mol. The highest BCUT2D eigenvalue weighted by Gasteiger charge is 2.08. The van der Waals surface area contributed by atoms with E-state index in [1.807, 2.05) is 26.0 Å². The molecule has 1 rings (SSSR count). The van der Waals surface area contributed by atoms with Crippen molar-refractivity contribution in [1.82, 2.24) is 0 Å². The Kier molecular flexibility index (Phi) is 2.05. The largest absolute Gasteiger partial charge is 0.506 e. The van der Waals surface area contributed by atoms with Gasteiger partial charge in [-0.3, -0.25) is 0 Å². The summed E-state index contributed by atoms with van der Waals surface area (Å²) in [4.78, 5) is 0. The van der Waals surface area contributed by atoms with Crippen molar-refractivity contribution in [1.29, 1.82) is 5.26 Å². The molecule has 62 valence electrons. The molecule has 1 aromatic rings. The number of rotatable bonds is 0. The first-order valence-corrected chi connectivity index (χ1v) is 3.77. The lowest BCUT2D eigenvalue weighted by Gasteiger charge is -2.07. The van der Waals surface area contributed by atoms with Gasteiger partial charge in [0.25, 0.3) is 0 Å². The highest BCUT2D eigenvalue weighted by Crippen LogP contribution is 2.26. The Bertz CT molecular complexity index is 335. The van der Waals surface area contributed by atoms with Gasteiger partial charge in [-0.1, -0.05) is 6.07 Å². The second-order valence-electron chi connectivity index (χ2n) is 2.97. The van der Waals surface area contributed by atoms with E-state index in [1.54, 1.807) is 6.92 Å². The number of benzene rings is 1. The first-order chi connectivity index (χ1) is 5.57. The maximum atomic E-state index is 9.48. The zero-order chi connectivity index (χ0) is 9.30. The van der Waals surface area contributed by atoms with Crippen molar-refractivity contribution in [2.75, 3.05) is 0 Å². The van der Waals surface area contributed by atoms with Crippen molar-refractivity contribution in [2.24, 2.45) is 0 Å². The van der Waals surface area contributed by atoms with Crippen LogP contribution in [-0.2, 0) is 0 Å². The van der Waals surface area contributed by atoms with Gasteiger partial charge in [0.2, 0.25) is 0 Å². The molecule has 0 saturated carbocycles. The van der Waals surface area contributed by atoms with Crippen LogP contribution in [0.1, 0.15) is 22.3 Å². The van der Waals surface area contributed by atoms with Crippen LogP contribution in [0.3, 0.4) is 0 Å². The van der Waals surface area contributed by atoms with Gasteiger partial charge in [-0.05, 0) is 37.5 Å². The predicted octanol–water partition coefficient (Wildman–Crippen LogP) is 2.19. The lowest BCUT2D eigenvalue weighted by Crippen LogP contribution is -1.90. The number of phenols is 1. The summed E-state index contributed by atoms with van der Waals surface area (Å²) in [5.41, 5.74) is 3.06. The van der Waals surface area contributed by atoms with Crippen LogP contribution in [0.5, 0.6) is 5.75 Å². The summed E-state index contributed by atoms with van der Waals surface area (Å²) in [6.07, 6.45) is 0. The number of hydrogen-bond donors (Lipinski definition) is 1. The molecule has 0 aliphatic rings. The molecule has 2 heteroatoms. The molecule has 0 saturated heterocycles. The minimum atomic E-state index is 0.112. The smallest absolute Gasteiger partial charge is 0.136 e. The fourth-order valence-electron chi connectivity index (χ4n) is 1.21. The summed E-state index contributed by atoms with van der Waals surface area (Å²) in [5.74, 6) is 0.112. The van der Waals surface area contributed by atoms with E-state index in [0.29, 0.717) is 5.56 Å². The predicted molar refractivity (Wildman–Crippen MR) is 47.0 cm³/mol. The molecule has 0 unspecified atom stereocenters. The first kappa shape index (κ1) is 8.61. The van der Waals surface area contributed by atoms with Crippen molar-refractivity contribution < 1.29 is 5.11 Å². The van der Waals surface area contributed by atoms with Gasteiger partial charge < -0.3 is 5.11 Å². The van der Waals surface area contributed by atoms with Crippen LogP contribution >= 0.6 is 0 Å². The van der Waals surface area contributed by atoms with Crippen LogP contribution in [0.2, 0.25) is 0 Å². The number of aromatic hydroxyl groups is 1. The van der Waals surface area contributed by atoms with Crippen molar-refractivity contribution >= 4 is 0 Å². The van der Waals surface area contributed by atoms with Crippen LogP contribution in [0, 0.1) is 32.1 Å². The molecule has 0 spiro atoms. The third kappa shape index (κ3) is 1.14. The van der Waals surface area contributed by atoms with E-state index in [4.69, 9.17) is 5.26 Å². The van der Waals surface area contributed by atoms with Crippen LogP contribution < -0.4 is 0 Å². The molecule has 0 heterocycles. The number of nitrogens with zero attached hydrogens (tertiary/aromatic N) is 1. The minimum absolute atomic E-state index is 0.112. The summed E-state index contributed by atoms with van der Waals surface area (Å²) in [5, 5.41) is 18.2. The standard InChI is InChI=1S/C10H11NO/c1-6-4-7(2)10(12)9(5-11)8(6)3/h4,12H,1-3H3. The van der Waals surface area contributed by atoms with E-state index in [-0.39, 0.29) is 5.75 Å². The van der Waals surface area contributed by atoms with Gasteiger partial charge in [0, 0.05) is 0 Å². The van der Waals surface area contributed by atoms with Gasteiger partial charge >= 0.3 is 0 Å². The SMILES string of the molecule is Cc1cc(C)c(O)c(C#N)c1C. The molecule has 0 atom stereocenters. The Balaban J connectivity index is 3.56. The number of nitriles is 1. The second kappa shape index (κ2) is 2.86. The summed E-state index contributed by atoms with van der Waals surface area (Å²) in [6, 6.07) is 3.88. The third-order valence-corrected chi connectivity index (χ3v) is 2.12. The van der Waals surface area contributed by atoms with Crippen molar-refractivity contribution in [3.05, 3.63) is 28.3 Å². The van der Waals surface area contributed by atoms with Crippen molar-refractivity contribution in [3.63, 3.8) is 0 Å². The van der Waals surface area contributed by atoms with Crippen LogP contribution in [-0.4, -0.2) is 5.11 Å². The molecule has 1 aromatic carbocycles. The van der Waals surface area contributed by atoms with Gasteiger partial charge in [0.15, 0.2) is 0 Å². The minimum Gasteiger partial charge on any atom is -0.506 e. The van der Waals surface area contributed by atoms with E-state index in [0.717, 1.165) is 16.7 Å². The quantitative estimate of drug-likeness (QED) is 0.633. The molecule has 0 bridgehead atoms. The topological polar surface area (TPSA) is 44.0 Å². The van der Waals surface area contributed by atoms with Gasteiger partial charge in [-0.25, -0.2) is 0 Å². The molecular weight excluding hydrogens is 150 g/mol. The van der Waals surface area contributed by atoms with E-state index < -0.39 is 0 Å². The van der Waals surface area contributed by atoms with Gasteiger partial charge in [-0.2, -0.15) is 5.26 Å². The van der Waals surface area contributed by atoms with Gasteiger partial charge in [0.05, 0.1) is 5.56 Å². The Labute approximate surface area is 72.1 Å². The zero-order valence-electron chi connectivity index (χ0n) is 7.47. The maximum absolute atomic E-state index is 9.48. The molecule has 0 aliphatic heterocycles. The van der Waals surface area contributed by atoms with Crippen LogP contribution in [0.15, 0.2) is 6.07 Å².